The Labute approximate surface area is 156 Å². The topological polar surface area (TPSA) is 73.3 Å². The third-order valence-corrected chi connectivity index (χ3v) is 4.32. The summed E-state index contributed by atoms with van der Waals surface area (Å²) in [4.78, 5) is 23.8. The summed E-state index contributed by atoms with van der Waals surface area (Å²) in [6.45, 7) is 0. The highest BCUT2D eigenvalue weighted by Crippen LogP contribution is 2.30. The number of Topliss-reactive ketones (excluding diaryl/α,β-unsaturated/α-hetero) is 1. The Morgan fingerprint density at radius 2 is 1.82 bits per heavy atom. The van der Waals surface area contributed by atoms with Crippen molar-refractivity contribution in [1.82, 2.24) is 0 Å². The third-order valence-electron chi connectivity index (χ3n) is 4.32. The molecule has 1 heterocycles. The summed E-state index contributed by atoms with van der Waals surface area (Å²) < 4.78 is 57.2. The molecular formula is C20H15F4NO3. The molecule has 1 aromatic heterocycles. The molecule has 1 amide bonds. The molecule has 0 aliphatic heterocycles. The fourth-order valence-corrected chi connectivity index (χ4v) is 3.01. The number of primary amides is 1. The van der Waals surface area contributed by atoms with Crippen molar-refractivity contribution in [1.29, 1.82) is 0 Å². The Morgan fingerprint density at radius 1 is 1.07 bits per heavy atom. The number of hydrogen-bond acceptors (Lipinski definition) is 3. The normalized spacial score (nSPS) is 11.7. The molecule has 0 unspecified atom stereocenters. The summed E-state index contributed by atoms with van der Waals surface area (Å²) in [5.74, 6) is -1.93. The average Bonchev–Trinajstić information content (AvgIpc) is 2.99. The zero-order chi connectivity index (χ0) is 20.5. The monoisotopic (exact) mass is 393 g/mol. The molecule has 0 radical (unpaired) electrons. The van der Waals surface area contributed by atoms with Gasteiger partial charge in [-0.1, -0.05) is 12.1 Å². The lowest BCUT2D eigenvalue weighted by atomic mass is 9.99. The number of carbonyl (C=O) groups excluding carboxylic acids is 2. The number of hydrogen-bond donors (Lipinski definition) is 1. The summed E-state index contributed by atoms with van der Waals surface area (Å²) in [6.07, 6.45) is -4.19. The number of alkyl halides is 3. The summed E-state index contributed by atoms with van der Waals surface area (Å²) in [5.41, 5.74) is 5.01. The Kier molecular flexibility index (Phi) is 5.22. The average molecular weight is 393 g/mol. The van der Waals surface area contributed by atoms with Gasteiger partial charge in [0.05, 0.1) is 5.56 Å². The smallest absolute Gasteiger partial charge is 0.416 e. The van der Waals surface area contributed by atoms with Crippen molar-refractivity contribution < 1.29 is 31.6 Å². The maximum absolute atomic E-state index is 13.5. The summed E-state index contributed by atoms with van der Waals surface area (Å²) >= 11 is 0. The van der Waals surface area contributed by atoms with Crippen molar-refractivity contribution in [2.75, 3.05) is 0 Å². The lowest BCUT2D eigenvalue weighted by Crippen LogP contribution is -2.12. The molecule has 8 heteroatoms. The molecule has 2 aromatic carbocycles. The molecule has 0 aliphatic rings. The summed E-state index contributed by atoms with van der Waals surface area (Å²) in [5, 5.41) is 0.375. The van der Waals surface area contributed by atoms with E-state index < -0.39 is 29.2 Å². The standard InChI is InChI=1S/C20H15F4NO3/c21-13-7-8-17-15(10-13)14(18(28-17)19(25)27)5-2-6-16(26)11-3-1-4-12(9-11)20(22,23)24/h1,3-4,7-10H,2,5-6H2,(H2,25,27). The van der Waals surface area contributed by atoms with E-state index in [0.29, 0.717) is 10.9 Å². The van der Waals surface area contributed by atoms with Gasteiger partial charge < -0.3 is 10.2 Å². The van der Waals surface area contributed by atoms with Gasteiger partial charge in [0.15, 0.2) is 11.5 Å². The van der Waals surface area contributed by atoms with Gasteiger partial charge in [0.1, 0.15) is 11.4 Å². The van der Waals surface area contributed by atoms with Crippen molar-refractivity contribution in [3.8, 4) is 0 Å². The predicted molar refractivity (Wildman–Crippen MR) is 93.4 cm³/mol. The number of furan rings is 1. The van der Waals surface area contributed by atoms with Gasteiger partial charge >= 0.3 is 6.18 Å². The number of nitrogens with two attached hydrogens (primary N) is 1. The molecule has 0 bridgehead atoms. The van der Waals surface area contributed by atoms with E-state index in [1.165, 1.54) is 30.3 Å². The zero-order valence-electron chi connectivity index (χ0n) is 14.5. The molecule has 0 saturated heterocycles. The van der Waals surface area contributed by atoms with Crippen LogP contribution in [-0.4, -0.2) is 11.7 Å². The van der Waals surface area contributed by atoms with Gasteiger partial charge in [0, 0.05) is 22.9 Å². The minimum Gasteiger partial charge on any atom is -0.451 e. The minimum absolute atomic E-state index is 0.0481. The highest BCUT2D eigenvalue weighted by atomic mass is 19.4. The third kappa shape index (κ3) is 4.05. The Bertz CT molecular complexity index is 1050. The van der Waals surface area contributed by atoms with Crippen molar-refractivity contribution in [3.05, 3.63) is 70.7 Å². The first-order chi connectivity index (χ1) is 13.2. The van der Waals surface area contributed by atoms with Gasteiger partial charge in [-0.3, -0.25) is 9.59 Å². The number of aryl methyl sites for hydroxylation is 1. The number of halogens is 4. The first-order valence-electron chi connectivity index (χ1n) is 8.38. The lowest BCUT2D eigenvalue weighted by molar-refractivity contribution is -0.137. The van der Waals surface area contributed by atoms with Gasteiger partial charge in [0.2, 0.25) is 0 Å². The highest BCUT2D eigenvalue weighted by molar-refractivity contribution is 5.98. The fraction of sp³-hybridized carbons (Fsp3) is 0.200. The van der Waals surface area contributed by atoms with Crippen LogP contribution in [-0.2, 0) is 12.6 Å². The molecular weight excluding hydrogens is 378 g/mol. The Hall–Kier alpha value is -3.16. The van der Waals surface area contributed by atoms with Crippen molar-refractivity contribution >= 4 is 22.7 Å². The van der Waals surface area contributed by atoms with Crippen molar-refractivity contribution in [2.45, 2.75) is 25.4 Å². The van der Waals surface area contributed by atoms with E-state index >= 15 is 0 Å². The molecule has 28 heavy (non-hydrogen) atoms. The van der Waals surface area contributed by atoms with E-state index in [0.717, 1.165) is 12.1 Å². The van der Waals surface area contributed by atoms with Crippen LogP contribution in [0, 0.1) is 5.82 Å². The van der Waals surface area contributed by atoms with Gasteiger partial charge in [-0.15, -0.1) is 0 Å². The lowest BCUT2D eigenvalue weighted by Gasteiger charge is -2.08. The molecule has 4 nitrogen and oxygen atoms in total. The van der Waals surface area contributed by atoms with Crippen molar-refractivity contribution in [3.63, 3.8) is 0 Å². The molecule has 0 atom stereocenters. The van der Waals surface area contributed by atoms with Crippen LogP contribution < -0.4 is 5.73 Å². The zero-order valence-corrected chi connectivity index (χ0v) is 14.5. The molecule has 3 rings (SSSR count). The summed E-state index contributed by atoms with van der Waals surface area (Å²) in [7, 11) is 0. The van der Waals surface area contributed by atoms with Crippen LogP contribution in [0.15, 0.2) is 46.9 Å². The molecule has 0 saturated carbocycles. The first-order valence-corrected chi connectivity index (χ1v) is 8.38. The van der Waals surface area contributed by atoms with Crippen molar-refractivity contribution in [2.24, 2.45) is 5.73 Å². The number of fused-ring (bicyclic) bond motifs is 1. The van der Waals surface area contributed by atoms with Gasteiger partial charge in [-0.2, -0.15) is 13.2 Å². The number of ketones is 1. The molecule has 0 spiro atoms. The van der Waals surface area contributed by atoms with Crippen LogP contribution >= 0.6 is 0 Å². The van der Waals surface area contributed by atoms with Crippen LogP contribution in [0.4, 0.5) is 17.6 Å². The molecule has 0 aliphatic carbocycles. The SMILES string of the molecule is NC(=O)c1oc2ccc(F)cc2c1CCCC(=O)c1cccc(C(F)(F)F)c1. The van der Waals surface area contributed by atoms with E-state index in [4.69, 9.17) is 10.2 Å². The number of benzene rings is 2. The first kappa shape index (κ1) is 19.6. The van der Waals surface area contributed by atoms with Gasteiger partial charge in [-0.05, 0) is 43.2 Å². The molecule has 0 fully saturated rings. The van der Waals surface area contributed by atoms with E-state index in [-0.39, 0.29) is 36.2 Å². The van der Waals surface area contributed by atoms with E-state index in [9.17, 15) is 27.2 Å². The second kappa shape index (κ2) is 7.46. The molecule has 3 aromatic rings. The van der Waals surface area contributed by atoms with Crippen LogP contribution in [0.5, 0.6) is 0 Å². The Balaban J connectivity index is 1.77. The summed E-state index contributed by atoms with van der Waals surface area (Å²) in [6, 6.07) is 7.94. The number of amides is 1. The molecule has 146 valence electrons. The van der Waals surface area contributed by atoms with E-state index in [2.05, 4.69) is 0 Å². The largest absolute Gasteiger partial charge is 0.451 e. The maximum Gasteiger partial charge on any atom is 0.416 e. The molecule has 2 N–H and O–H groups in total. The van der Waals surface area contributed by atoms with E-state index in [1.54, 1.807) is 0 Å². The van der Waals surface area contributed by atoms with Crippen LogP contribution in [0.3, 0.4) is 0 Å². The van der Waals surface area contributed by atoms with Crippen LogP contribution in [0.25, 0.3) is 11.0 Å². The number of rotatable bonds is 6. The van der Waals surface area contributed by atoms with Crippen LogP contribution in [0.2, 0.25) is 0 Å². The van der Waals surface area contributed by atoms with E-state index in [1.807, 2.05) is 0 Å². The van der Waals surface area contributed by atoms with Crippen LogP contribution in [0.1, 0.15) is 44.9 Å². The predicted octanol–water partition coefficient (Wildman–Crippen LogP) is 4.90. The second-order valence-electron chi connectivity index (χ2n) is 6.27. The van der Waals surface area contributed by atoms with Gasteiger partial charge in [0.25, 0.3) is 5.91 Å². The maximum atomic E-state index is 13.5. The second-order valence-corrected chi connectivity index (χ2v) is 6.27. The quantitative estimate of drug-likeness (QED) is 0.478. The Morgan fingerprint density at radius 3 is 2.50 bits per heavy atom. The number of carbonyl (C=O) groups is 2. The fourth-order valence-electron chi connectivity index (χ4n) is 3.01. The van der Waals surface area contributed by atoms with Gasteiger partial charge in [-0.25, -0.2) is 4.39 Å². The highest BCUT2D eigenvalue weighted by Gasteiger charge is 2.30. The minimum atomic E-state index is -4.54.